The topological polar surface area (TPSA) is 58.5 Å². The van der Waals surface area contributed by atoms with Gasteiger partial charge in [-0.25, -0.2) is 4.99 Å². The van der Waals surface area contributed by atoms with Crippen molar-refractivity contribution in [3.63, 3.8) is 0 Å². The Kier molecular flexibility index (Phi) is 6.25. The van der Waals surface area contributed by atoms with Crippen LogP contribution in [0.4, 0.5) is 0 Å². The third-order valence-electron chi connectivity index (χ3n) is 5.24. The quantitative estimate of drug-likeness (QED) is 0.563. The highest BCUT2D eigenvalue weighted by Crippen LogP contribution is 2.32. The zero-order valence-electron chi connectivity index (χ0n) is 16.3. The van der Waals surface area contributed by atoms with E-state index in [9.17, 15) is 9.59 Å². The van der Waals surface area contributed by atoms with Crippen LogP contribution in [0.3, 0.4) is 0 Å². The SMILES string of the molecule is O=C1N=C2C=CC=CC2S/C1=C/c1ccc(C(=O)NCCC2=CCCCC2)cc1. The Morgan fingerprint density at radius 2 is 2.07 bits per heavy atom. The van der Waals surface area contributed by atoms with E-state index in [2.05, 4.69) is 16.4 Å². The predicted molar refractivity (Wildman–Crippen MR) is 120 cm³/mol. The number of benzene rings is 1. The van der Waals surface area contributed by atoms with Crippen molar-refractivity contribution in [1.29, 1.82) is 0 Å². The van der Waals surface area contributed by atoms with Crippen molar-refractivity contribution in [3.8, 4) is 0 Å². The summed E-state index contributed by atoms with van der Waals surface area (Å²) in [7, 11) is 0. The van der Waals surface area contributed by atoms with Gasteiger partial charge in [0.2, 0.25) is 0 Å². The van der Waals surface area contributed by atoms with Crippen molar-refractivity contribution >= 4 is 35.4 Å². The molecular weight excluding hydrogens is 380 g/mol. The number of amides is 2. The Morgan fingerprint density at radius 1 is 1.21 bits per heavy atom. The molecule has 0 aromatic heterocycles. The number of aliphatic imine (C=N–C) groups is 1. The highest BCUT2D eigenvalue weighted by molar-refractivity contribution is 8.05. The molecule has 2 amide bonds. The van der Waals surface area contributed by atoms with Gasteiger partial charge in [-0.2, -0.15) is 0 Å². The molecule has 1 atom stereocenters. The number of nitrogens with one attached hydrogen (secondary N) is 1. The predicted octanol–water partition coefficient (Wildman–Crippen LogP) is 4.86. The Bertz CT molecular complexity index is 952. The van der Waals surface area contributed by atoms with Crippen LogP contribution in [0.2, 0.25) is 0 Å². The summed E-state index contributed by atoms with van der Waals surface area (Å²) >= 11 is 1.51. The molecule has 1 aliphatic heterocycles. The van der Waals surface area contributed by atoms with E-state index < -0.39 is 0 Å². The molecule has 2 aliphatic carbocycles. The average Bonchev–Trinajstić information content (AvgIpc) is 2.75. The van der Waals surface area contributed by atoms with Crippen molar-refractivity contribution < 1.29 is 9.59 Å². The van der Waals surface area contributed by atoms with Gasteiger partial charge in [-0.1, -0.05) is 42.0 Å². The summed E-state index contributed by atoms with van der Waals surface area (Å²) < 4.78 is 0. The first-order chi connectivity index (χ1) is 14.2. The highest BCUT2D eigenvalue weighted by Gasteiger charge is 2.25. The number of carbonyl (C=O) groups excluding carboxylic acids is 2. The molecule has 0 radical (unpaired) electrons. The van der Waals surface area contributed by atoms with E-state index in [1.807, 2.05) is 42.5 Å². The summed E-state index contributed by atoms with van der Waals surface area (Å²) in [6.07, 6.45) is 17.8. The molecule has 0 saturated heterocycles. The molecule has 1 unspecified atom stereocenters. The largest absolute Gasteiger partial charge is 0.352 e. The van der Waals surface area contributed by atoms with E-state index in [4.69, 9.17) is 0 Å². The van der Waals surface area contributed by atoms with Gasteiger partial charge in [0.25, 0.3) is 11.8 Å². The zero-order chi connectivity index (χ0) is 20.1. The summed E-state index contributed by atoms with van der Waals surface area (Å²) in [5.41, 5.74) is 3.78. The fourth-order valence-corrected chi connectivity index (χ4v) is 4.67. The number of carbonyl (C=O) groups is 2. The maximum Gasteiger partial charge on any atom is 0.283 e. The minimum absolute atomic E-state index is 0.0582. The molecule has 5 heteroatoms. The minimum Gasteiger partial charge on any atom is -0.352 e. The van der Waals surface area contributed by atoms with Gasteiger partial charge < -0.3 is 5.32 Å². The molecular formula is C24H24N2O2S. The molecule has 0 fully saturated rings. The fraction of sp³-hybridized carbons (Fsp3) is 0.292. The standard InChI is InChI=1S/C24H24N2O2S/c27-23(25-15-14-17-6-2-1-3-7-17)19-12-10-18(11-13-19)16-22-24(28)26-20-8-4-5-9-21(20)29-22/h4-6,8-13,16,21H,1-3,7,14-15H2,(H,25,27)/b22-16+. The molecule has 3 aliphatic rings. The lowest BCUT2D eigenvalue weighted by molar-refractivity contribution is -0.113. The first-order valence-corrected chi connectivity index (χ1v) is 11.0. The van der Waals surface area contributed by atoms with Crippen LogP contribution in [0, 0.1) is 0 Å². The van der Waals surface area contributed by atoms with Crippen LogP contribution in [0.25, 0.3) is 6.08 Å². The van der Waals surface area contributed by atoms with Crippen molar-refractivity contribution in [2.45, 2.75) is 37.4 Å². The van der Waals surface area contributed by atoms with Gasteiger partial charge in [-0.15, -0.1) is 11.8 Å². The van der Waals surface area contributed by atoms with E-state index in [1.165, 1.54) is 36.6 Å². The van der Waals surface area contributed by atoms with Crippen LogP contribution in [-0.2, 0) is 4.79 Å². The van der Waals surface area contributed by atoms with Crippen LogP contribution in [0.5, 0.6) is 0 Å². The van der Waals surface area contributed by atoms with E-state index in [-0.39, 0.29) is 17.1 Å². The number of hydrogen-bond donors (Lipinski definition) is 1. The van der Waals surface area contributed by atoms with E-state index in [0.717, 1.165) is 24.1 Å². The average molecular weight is 405 g/mol. The molecule has 0 saturated carbocycles. The second-order valence-corrected chi connectivity index (χ2v) is 8.55. The third kappa shape index (κ3) is 5.04. The summed E-state index contributed by atoms with van der Waals surface area (Å²) in [6, 6.07) is 7.35. The van der Waals surface area contributed by atoms with E-state index in [0.29, 0.717) is 17.0 Å². The Labute approximate surface area is 175 Å². The summed E-state index contributed by atoms with van der Waals surface area (Å²) in [6.45, 7) is 0.672. The maximum absolute atomic E-state index is 12.4. The Hall–Kier alpha value is -2.66. The minimum atomic E-state index is -0.208. The van der Waals surface area contributed by atoms with Crippen molar-refractivity contribution in [3.05, 3.63) is 76.3 Å². The monoisotopic (exact) mass is 404 g/mol. The van der Waals surface area contributed by atoms with Crippen LogP contribution in [0.1, 0.15) is 48.0 Å². The van der Waals surface area contributed by atoms with Crippen molar-refractivity contribution in [2.75, 3.05) is 6.54 Å². The lowest BCUT2D eigenvalue weighted by Gasteiger charge is -2.20. The zero-order valence-corrected chi connectivity index (χ0v) is 17.1. The number of fused-ring (bicyclic) bond motifs is 1. The molecule has 4 rings (SSSR count). The lowest BCUT2D eigenvalue weighted by Crippen LogP contribution is -2.24. The van der Waals surface area contributed by atoms with Crippen LogP contribution >= 0.6 is 11.8 Å². The third-order valence-corrected chi connectivity index (χ3v) is 6.44. The lowest BCUT2D eigenvalue weighted by atomic mass is 9.97. The molecule has 29 heavy (non-hydrogen) atoms. The fourth-order valence-electron chi connectivity index (χ4n) is 3.62. The van der Waals surface area contributed by atoms with Gasteiger partial charge in [0, 0.05) is 12.1 Å². The van der Waals surface area contributed by atoms with Gasteiger partial charge in [0.1, 0.15) is 0 Å². The molecule has 1 aromatic rings. The van der Waals surface area contributed by atoms with Crippen LogP contribution < -0.4 is 5.32 Å². The molecule has 1 N–H and O–H groups in total. The van der Waals surface area contributed by atoms with E-state index in [1.54, 1.807) is 12.1 Å². The summed E-state index contributed by atoms with van der Waals surface area (Å²) in [4.78, 5) is 29.4. The Morgan fingerprint density at radius 3 is 2.86 bits per heavy atom. The van der Waals surface area contributed by atoms with Crippen LogP contribution in [-0.4, -0.2) is 29.3 Å². The number of nitrogens with zero attached hydrogens (tertiary/aromatic N) is 1. The first-order valence-electron chi connectivity index (χ1n) is 10.1. The van der Waals surface area contributed by atoms with Crippen molar-refractivity contribution in [2.24, 2.45) is 4.99 Å². The number of thioether (sulfide) groups is 1. The number of allylic oxidation sites excluding steroid dienone is 4. The number of rotatable bonds is 5. The molecule has 1 heterocycles. The summed E-state index contributed by atoms with van der Waals surface area (Å²) in [5.74, 6) is -0.267. The van der Waals surface area contributed by atoms with Gasteiger partial charge in [0.05, 0.1) is 15.9 Å². The summed E-state index contributed by atoms with van der Waals surface area (Å²) in [5, 5.41) is 3.09. The normalized spacial score (nSPS) is 22.1. The molecule has 0 spiro atoms. The molecule has 4 nitrogen and oxygen atoms in total. The Balaban J connectivity index is 1.35. The number of hydrogen-bond acceptors (Lipinski definition) is 3. The maximum atomic E-state index is 12.4. The van der Waals surface area contributed by atoms with Crippen LogP contribution in [0.15, 0.2) is 70.1 Å². The highest BCUT2D eigenvalue weighted by atomic mass is 32.2. The van der Waals surface area contributed by atoms with Gasteiger partial charge in [0.15, 0.2) is 0 Å². The first kappa shape index (κ1) is 19.6. The van der Waals surface area contributed by atoms with Gasteiger partial charge in [-0.05, 0) is 62.0 Å². The van der Waals surface area contributed by atoms with Gasteiger partial charge in [-0.3, -0.25) is 9.59 Å². The van der Waals surface area contributed by atoms with Crippen molar-refractivity contribution in [1.82, 2.24) is 5.32 Å². The second kappa shape index (κ2) is 9.23. The second-order valence-electron chi connectivity index (χ2n) is 7.37. The molecule has 148 valence electrons. The molecule has 0 bridgehead atoms. The smallest absolute Gasteiger partial charge is 0.283 e. The molecule has 1 aromatic carbocycles. The van der Waals surface area contributed by atoms with E-state index >= 15 is 0 Å². The van der Waals surface area contributed by atoms with Gasteiger partial charge >= 0.3 is 0 Å².